The van der Waals surface area contributed by atoms with E-state index in [2.05, 4.69) is 28.6 Å². The highest BCUT2D eigenvalue weighted by molar-refractivity contribution is 9.10. The molecule has 0 radical (unpaired) electrons. The summed E-state index contributed by atoms with van der Waals surface area (Å²) in [4.78, 5) is 24.2. The smallest absolute Gasteiger partial charge is 0.326 e. The topological polar surface area (TPSA) is 55.8 Å². The number of nitrogens with zero attached hydrogens (tertiary/aromatic N) is 1. The summed E-state index contributed by atoms with van der Waals surface area (Å²) < 4.78 is 10.2. The van der Waals surface area contributed by atoms with Gasteiger partial charge in [-0.3, -0.25) is 9.59 Å². The fourth-order valence-electron chi connectivity index (χ4n) is 1.73. The van der Waals surface area contributed by atoms with Crippen molar-refractivity contribution in [1.29, 1.82) is 0 Å². The summed E-state index contributed by atoms with van der Waals surface area (Å²) in [6.07, 6.45) is 0. The third-order valence-electron chi connectivity index (χ3n) is 2.96. The van der Waals surface area contributed by atoms with Crippen LogP contribution in [-0.2, 0) is 20.9 Å². The van der Waals surface area contributed by atoms with Gasteiger partial charge in [-0.1, -0.05) is 28.1 Å². The summed E-state index contributed by atoms with van der Waals surface area (Å²) in [5.74, 6) is 0.145. The molecule has 1 fully saturated rings. The number of rotatable bonds is 5. The average Bonchev–Trinajstić information content (AvgIpc) is 2.49. The molecule has 1 aromatic rings. The van der Waals surface area contributed by atoms with Gasteiger partial charge < -0.3 is 14.4 Å². The lowest BCUT2D eigenvalue weighted by molar-refractivity contribution is -0.154. The quantitative estimate of drug-likeness (QED) is 0.375. The number of carbonyl (C=O) groups excluding carboxylic acids is 2. The number of halogens is 1. The number of hydrogen-bond donors (Lipinski definition) is 1. The Labute approximate surface area is 130 Å². The first kappa shape index (κ1) is 15.2. The van der Waals surface area contributed by atoms with Gasteiger partial charge in [0.25, 0.3) is 0 Å². The lowest BCUT2D eigenvalue weighted by Gasteiger charge is -2.40. The molecule has 5 nitrogen and oxygen atoms in total. The maximum atomic E-state index is 11.7. The molecule has 1 heterocycles. The van der Waals surface area contributed by atoms with Crippen molar-refractivity contribution < 1.29 is 19.1 Å². The van der Waals surface area contributed by atoms with E-state index in [9.17, 15) is 9.59 Å². The fraction of sp³-hybridized carbons (Fsp3) is 0.385. The number of likely N-dealkylation sites (tertiary alicyclic amines) is 1. The van der Waals surface area contributed by atoms with Crippen molar-refractivity contribution in [3.63, 3.8) is 0 Å². The molecule has 2 atom stereocenters. The van der Waals surface area contributed by atoms with Crippen LogP contribution in [0.25, 0.3) is 0 Å². The number of esters is 1. The van der Waals surface area contributed by atoms with Gasteiger partial charge in [0.2, 0.25) is 5.91 Å². The Kier molecular flexibility index (Phi) is 4.93. The van der Waals surface area contributed by atoms with Crippen molar-refractivity contribution in [3.05, 3.63) is 29.8 Å². The van der Waals surface area contributed by atoms with Crippen LogP contribution < -0.4 is 4.74 Å². The molecule has 7 heteroatoms. The summed E-state index contributed by atoms with van der Waals surface area (Å²) in [6.45, 7) is 0.0884. The molecule has 1 amide bonds. The molecule has 0 saturated carbocycles. The fourth-order valence-corrected chi connectivity index (χ4v) is 2.61. The first-order chi connectivity index (χ1) is 9.52. The Morgan fingerprint density at radius 2 is 2.05 bits per heavy atom. The molecule has 0 bridgehead atoms. The molecule has 0 aromatic heterocycles. The van der Waals surface area contributed by atoms with Crippen LogP contribution in [0.3, 0.4) is 0 Å². The SMILES string of the molecule is COc1ccc(COC(=O)CN2C(=O)[C@H](Br)[C@H]2S)cc1. The van der Waals surface area contributed by atoms with E-state index in [4.69, 9.17) is 9.47 Å². The molecule has 0 unspecified atom stereocenters. The number of methoxy groups -OCH3 is 1. The van der Waals surface area contributed by atoms with Crippen LogP contribution in [0.5, 0.6) is 5.75 Å². The van der Waals surface area contributed by atoms with Gasteiger partial charge in [-0.2, -0.15) is 12.6 Å². The first-order valence-corrected chi connectivity index (χ1v) is 7.37. The Bertz CT molecular complexity index is 508. The number of carbonyl (C=O) groups is 2. The monoisotopic (exact) mass is 359 g/mol. The number of alkyl halides is 1. The largest absolute Gasteiger partial charge is 0.497 e. The summed E-state index contributed by atoms with van der Waals surface area (Å²) >= 11 is 7.38. The average molecular weight is 360 g/mol. The second-order valence-corrected chi connectivity index (χ2v) is 5.81. The lowest BCUT2D eigenvalue weighted by atomic mass is 10.2. The van der Waals surface area contributed by atoms with Crippen LogP contribution in [0.4, 0.5) is 0 Å². The molecule has 0 spiro atoms. The second kappa shape index (κ2) is 6.49. The Hall–Kier alpha value is -1.21. The highest BCUT2D eigenvalue weighted by Crippen LogP contribution is 2.29. The summed E-state index contributed by atoms with van der Waals surface area (Å²) in [5.41, 5.74) is 0.856. The van der Waals surface area contributed by atoms with E-state index < -0.39 is 5.97 Å². The summed E-state index contributed by atoms with van der Waals surface area (Å²) in [7, 11) is 1.59. The van der Waals surface area contributed by atoms with E-state index in [1.807, 2.05) is 12.1 Å². The Morgan fingerprint density at radius 1 is 1.40 bits per heavy atom. The minimum atomic E-state index is -0.451. The number of thiol groups is 1. The summed E-state index contributed by atoms with van der Waals surface area (Å²) in [6, 6.07) is 7.22. The number of benzene rings is 1. The predicted molar refractivity (Wildman–Crippen MR) is 80.0 cm³/mol. The van der Waals surface area contributed by atoms with E-state index in [-0.39, 0.29) is 29.3 Å². The zero-order chi connectivity index (χ0) is 14.7. The Balaban J connectivity index is 1.79. The van der Waals surface area contributed by atoms with Crippen molar-refractivity contribution in [2.24, 2.45) is 0 Å². The molecule has 108 valence electrons. The zero-order valence-electron chi connectivity index (χ0n) is 10.8. The zero-order valence-corrected chi connectivity index (χ0v) is 13.3. The molecule has 0 aliphatic carbocycles. The van der Waals surface area contributed by atoms with Gasteiger partial charge in [-0.05, 0) is 17.7 Å². The van der Waals surface area contributed by atoms with E-state index in [0.29, 0.717) is 0 Å². The van der Waals surface area contributed by atoms with Gasteiger partial charge in [-0.15, -0.1) is 0 Å². The van der Waals surface area contributed by atoms with Crippen molar-refractivity contribution in [3.8, 4) is 5.75 Å². The molecule has 1 aromatic carbocycles. The standard InChI is InChI=1S/C13H14BrNO4S/c1-18-9-4-2-8(3-5-9)7-19-10(16)6-15-12(17)11(14)13(15)20/h2-5,11,13,20H,6-7H2,1H3/t11-,13+/m0/s1. The Morgan fingerprint density at radius 3 is 2.60 bits per heavy atom. The first-order valence-electron chi connectivity index (χ1n) is 5.94. The number of β-lactam (4-membered cyclic amide) rings is 1. The van der Waals surface area contributed by atoms with E-state index in [1.165, 1.54) is 4.90 Å². The van der Waals surface area contributed by atoms with E-state index in [0.717, 1.165) is 11.3 Å². The third-order valence-corrected chi connectivity index (χ3v) is 4.84. The van der Waals surface area contributed by atoms with Gasteiger partial charge in [0, 0.05) is 0 Å². The second-order valence-electron chi connectivity index (χ2n) is 4.29. The predicted octanol–water partition coefficient (Wildman–Crippen LogP) is 1.60. The summed E-state index contributed by atoms with van der Waals surface area (Å²) in [5, 5.41) is -0.281. The van der Waals surface area contributed by atoms with E-state index in [1.54, 1.807) is 19.2 Å². The van der Waals surface area contributed by atoms with Gasteiger partial charge in [0.05, 0.1) is 12.5 Å². The van der Waals surface area contributed by atoms with Crippen molar-refractivity contribution in [2.45, 2.75) is 16.8 Å². The molecule has 1 aliphatic rings. The van der Waals surface area contributed by atoms with Crippen LogP contribution >= 0.6 is 28.6 Å². The maximum Gasteiger partial charge on any atom is 0.326 e. The number of amides is 1. The lowest BCUT2D eigenvalue weighted by Crippen LogP contribution is -2.60. The minimum absolute atomic E-state index is 0.0781. The third kappa shape index (κ3) is 3.27. The van der Waals surface area contributed by atoms with Crippen LogP contribution in [0, 0.1) is 0 Å². The van der Waals surface area contributed by atoms with Gasteiger partial charge >= 0.3 is 5.97 Å². The molecule has 20 heavy (non-hydrogen) atoms. The van der Waals surface area contributed by atoms with Crippen molar-refractivity contribution >= 4 is 40.4 Å². The van der Waals surface area contributed by atoms with Gasteiger partial charge in [0.1, 0.15) is 23.7 Å². The number of ether oxygens (including phenoxy) is 2. The molecule has 1 saturated heterocycles. The van der Waals surface area contributed by atoms with Crippen LogP contribution in [0.1, 0.15) is 5.56 Å². The molecular formula is C13H14BrNO4S. The van der Waals surface area contributed by atoms with Crippen molar-refractivity contribution in [2.75, 3.05) is 13.7 Å². The van der Waals surface area contributed by atoms with Gasteiger partial charge in [0.15, 0.2) is 0 Å². The molecule has 2 rings (SSSR count). The van der Waals surface area contributed by atoms with Gasteiger partial charge in [-0.25, -0.2) is 0 Å². The van der Waals surface area contributed by atoms with Crippen LogP contribution in [0.2, 0.25) is 0 Å². The minimum Gasteiger partial charge on any atom is -0.497 e. The van der Waals surface area contributed by atoms with Crippen LogP contribution in [0.15, 0.2) is 24.3 Å². The highest BCUT2D eigenvalue weighted by Gasteiger charge is 2.44. The van der Waals surface area contributed by atoms with Crippen LogP contribution in [-0.4, -0.2) is 40.6 Å². The number of hydrogen-bond acceptors (Lipinski definition) is 5. The van der Waals surface area contributed by atoms with E-state index >= 15 is 0 Å². The maximum absolute atomic E-state index is 11.7. The molecule has 1 aliphatic heterocycles. The van der Waals surface area contributed by atoms with Crippen molar-refractivity contribution in [1.82, 2.24) is 4.90 Å². The molecular weight excluding hydrogens is 346 g/mol. The normalized spacial score (nSPS) is 21.4. The molecule has 0 N–H and O–H groups in total. The highest BCUT2D eigenvalue weighted by atomic mass is 79.9.